The summed E-state index contributed by atoms with van der Waals surface area (Å²) in [6.07, 6.45) is -2.85. The fourth-order valence-electron chi connectivity index (χ4n) is 4.54. The number of carbonyl (C=O) groups excluding carboxylic acids is 1. The van der Waals surface area contributed by atoms with E-state index in [-0.39, 0.29) is 17.7 Å². The number of hydrogen-bond acceptors (Lipinski definition) is 3. The van der Waals surface area contributed by atoms with Crippen molar-refractivity contribution in [1.29, 1.82) is 5.41 Å². The molecule has 192 valence electrons. The SMILES string of the molecule is Cc1ccccc1CC1CCCN1C(=O)c1ccc(C(CC(=N)C(F)(F)F)=Nc2ccccc2Cl)cc1. The van der Waals surface area contributed by atoms with Crippen LogP contribution in [0.4, 0.5) is 18.9 Å². The van der Waals surface area contributed by atoms with Gasteiger partial charge in [0, 0.05) is 24.6 Å². The van der Waals surface area contributed by atoms with Gasteiger partial charge in [-0.2, -0.15) is 13.2 Å². The van der Waals surface area contributed by atoms with Crippen LogP contribution in [0.15, 0.2) is 77.8 Å². The molecule has 0 bridgehead atoms. The minimum atomic E-state index is -4.76. The minimum absolute atomic E-state index is 0.0491. The van der Waals surface area contributed by atoms with Crippen LogP contribution >= 0.6 is 11.6 Å². The minimum Gasteiger partial charge on any atom is -0.335 e. The second kappa shape index (κ2) is 11.3. The van der Waals surface area contributed by atoms with Crippen LogP contribution in [0.25, 0.3) is 0 Å². The molecule has 8 heteroatoms. The molecule has 1 unspecified atom stereocenters. The summed E-state index contributed by atoms with van der Waals surface area (Å²) >= 11 is 6.17. The van der Waals surface area contributed by atoms with Crippen molar-refractivity contribution in [3.8, 4) is 0 Å². The van der Waals surface area contributed by atoms with E-state index in [2.05, 4.69) is 24.0 Å². The Labute approximate surface area is 219 Å². The van der Waals surface area contributed by atoms with Crippen LogP contribution in [0, 0.1) is 12.3 Å². The van der Waals surface area contributed by atoms with E-state index in [1.165, 1.54) is 11.1 Å². The van der Waals surface area contributed by atoms with Crippen LogP contribution < -0.4 is 0 Å². The summed E-state index contributed by atoms with van der Waals surface area (Å²) in [5.74, 6) is -0.102. The molecule has 1 atom stereocenters. The Balaban J connectivity index is 1.57. The predicted molar refractivity (Wildman–Crippen MR) is 141 cm³/mol. The quantitative estimate of drug-likeness (QED) is 0.317. The van der Waals surface area contributed by atoms with Gasteiger partial charge < -0.3 is 10.3 Å². The topological polar surface area (TPSA) is 56.5 Å². The van der Waals surface area contributed by atoms with Crippen molar-refractivity contribution in [2.24, 2.45) is 4.99 Å². The number of amides is 1. The molecule has 3 aromatic rings. The van der Waals surface area contributed by atoms with Crippen molar-refractivity contribution in [3.63, 3.8) is 0 Å². The van der Waals surface area contributed by atoms with E-state index in [1.54, 1.807) is 48.5 Å². The number of alkyl halides is 3. The fraction of sp³-hybridized carbons (Fsp3) is 0.276. The molecule has 3 aromatic carbocycles. The molecule has 1 aliphatic rings. The molecule has 1 amide bonds. The Bertz CT molecular complexity index is 1320. The zero-order valence-electron chi connectivity index (χ0n) is 20.4. The second-order valence-electron chi connectivity index (χ2n) is 9.17. The summed E-state index contributed by atoms with van der Waals surface area (Å²) in [6, 6.07) is 21.2. The van der Waals surface area contributed by atoms with Gasteiger partial charge >= 0.3 is 6.18 Å². The lowest BCUT2D eigenvalue weighted by atomic mass is 9.99. The van der Waals surface area contributed by atoms with Crippen molar-refractivity contribution < 1.29 is 18.0 Å². The van der Waals surface area contributed by atoms with Crippen LogP contribution in [-0.4, -0.2) is 41.0 Å². The third-order valence-corrected chi connectivity index (χ3v) is 6.93. The Morgan fingerprint density at radius 3 is 2.35 bits per heavy atom. The standard InChI is InChI=1S/C29H27ClF3N3O/c1-19-7-2-3-8-22(19)17-23-9-6-16-36(23)28(37)21-14-12-20(13-15-21)26(18-27(34)29(31,32)33)35-25-11-5-4-10-24(25)30/h2-5,7-8,10-15,23,34H,6,9,16-18H2,1H3. The number of aryl methyl sites for hydroxylation is 1. The molecule has 0 spiro atoms. The monoisotopic (exact) mass is 525 g/mol. The number of nitrogens with zero attached hydrogens (tertiary/aromatic N) is 2. The number of rotatable bonds is 7. The lowest BCUT2D eigenvalue weighted by molar-refractivity contribution is -0.0605. The lowest BCUT2D eigenvalue weighted by Crippen LogP contribution is -2.37. The summed E-state index contributed by atoms with van der Waals surface area (Å²) in [5, 5.41) is 7.78. The summed E-state index contributed by atoms with van der Waals surface area (Å²) in [7, 11) is 0. The maximum Gasteiger partial charge on any atom is 0.429 e. The third kappa shape index (κ3) is 6.46. The molecule has 1 saturated heterocycles. The first-order valence-corrected chi connectivity index (χ1v) is 12.4. The molecular weight excluding hydrogens is 499 g/mol. The van der Waals surface area contributed by atoms with Gasteiger partial charge in [0.15, 0.2) is 0 Å². The molecule has 37 heavy (non-hydrogen) atoms. The molecule has 4 nitrogen and oxygen atoms in total. The van der Waals surface area contributed by atoms with E-state index >= 15 is 0 Å². The highest BCUT2D eigenvalue weighted by Gasteiger charge is 2.35. The Morgan fingerprint density at radius 1 is 1.03 bits per heavy atom. The molecule has 0 radical (unpaired) electrons. The maximum atomic E-state index is 13.4. The van der Waals surface area contributed by atoms with Crippen LogP contribution in [0.5, 0.6) is 0 Å². The first kappa shape index (κ1) is 26.6. The highest BCUT2D eigenvalue weighted by Crippen LogP contribution is 2.28. The average molecular weight is 526 g/mol. The molecule has 0 saturated carbocycles. The molecule has 1 heterocycles. The van der Waals surface area contributed by atoms with E-state index in [1.807, 2.05) is 17.0 Å². The first-order chi connectivity index (χ1) is 17.6. The fourth-order valence-corrected chi connectivity index (χ4v) is 4.72. The van der Waals surface area contributed by atoms with Gasteiger partial charge in [0.05, 0.1) is 16.4 Å². The summed E-state index contributed by atoms with van der Waals surface area (Å²) < 4.78 is 39.4. The number of likely N-dealkylation sites (tertiary alicyclic amines) is 1. The molecule has 0 aromatic heterocycles. The van der Waals surface area contributed by atoms with Crippen LogP contribution in [-0.2, 0) is 6.42 Å². The average Bonchev–Trinajstić information content (AvgIpc) is 3.33. The number of hydrogen-bond donors (Lipinski definition) is 1. The first-order valence-electron chi connectivity index (χ1n) is 12.1. The maximum absolute atomic E-state index is 13.4. The highest BCUT2D eigenvalue weighted by atomic mass is 35.5. The number of aliphatic imine (C=N–C) groups is 1. The number of nitrogens with one attached hydrogen (secondary N) is 1. The van der Waals surface area contributed by atoms with Crippen LogP contribution in [0.1, 0.15) is 46.3 Å². The van der Waals surface area contributed by atoms with Crippen molar-refractivity contribution in [3.05, 3.63) is 100 Å². The van der Waals surface area contributed by atoms with Gasteiger partial charge in [0.25, 0.3) is 5.91 Å². The van der Waals surface area contributed by atoms with Gasteiger partial charge in [-0.1, -0.05) is 60.1 Å². The summed E-state index contributed by atoms with van der Waals surface area (Å²) in [5.41, 5.74) is 2.22. The Hall–Kier alpha value is -3.45. The third-order valence-electron chi connectivity index (χ3n) is 6.61. The van der Waals surface area contributed by atoms with Gasteiger partial charge in [0.2, 0.25) is 0 Å². The number of halogens is 4. The highest BCUT2D eigenvalue weighted by molar-refractivity contribution is 6.33. The number of carbonyl (C=O) groups is 1. The lowest BCUT2D eigenvalue weighted by Gasteiger charge is -2.25. The van der Waals surface area contributed by atoms with Gasteiger partial charge in [0.1, 0.15) is 5.71 Å². The Kier molecular flexibility index (Phi) is 8.13. The zero-order valence-corrected chi connectivity index (χ0v) is 21.1. The van der Waals surface area contributed by atoms with Crippen LogP contribution in [0.3, 0.4) is 0 Å². The summed E-state index contributed by atoms with van der Waals surface area (Å²) in [6.45, 7) is 2.73. The van der Waals surface area contributed by atoms with E-state index in [0.717, 1.165) is 19.3 Å². The van der Waals surface area contributed by atoms with Crippen molar-refractivity contribution >= 4 is 34.6 Å². The molecule has 1 N–H and O–H groups in total. The molecular formula is C29H27ClF3N3O. The second-order valence-corrected chi connectivity index (χ2v) is 9.57. The van der Waals surface area contributed by atoms with Gasteiger partial charge in [-0.15, -0.1) is 0 Å². The van der Waals surface area contributed by atoms with E-state index in [0.29, 0.717) is 28.4 Å². The molecule has 0 aliphatic carbocycles. The summed E-state index contributed by atoms with van der Waals surface area (Å²) in [4.78, 5) is 19.6. The Morgan fingerprint density at radius 2 is 1.68 bits per heavy atom. The van der Waals surface area contributed by atoms with E-state index in [9.17, 15) is 18.0 Å². The van der Waals surface area contributed by atoms with Crippen molar-refractivity contribution in [2.75, 3.05) is 6.54 Å². The normalized spacial score (nSPS) is 16.2. The van der Waals surface area contributed by atoms with Gasteiger partial charge in [-0.3, -0.25) is 9.79 Å². The zero-order chi connectivity index (χ0) is 26.6. The number of benzene rings is 3. The molecule has 4 rings (SSSR count). The van der Waals surface area contributed by atoms with Crippen molar-refractivity contribution in [1.82, 2.24) is 4.90 Å². The van der Waals surface area contributed by atoms with E-state index in [4.69, 9.17) is 17.0 Å². The smallest absolute Gasteiger partial charge is 0.335 e. The predicted octanol–water partition coefficient (Wildman–Crippen LogP) is 7.59. The van der Waals surface area contributed by atoms with Gasteiger partial charge in [-0.05, 0) is 67.1 Å². The van der Waals surface area contributed by atoms with Gasteiger partial charge in [-0.25, -0.2) is 0 Å². The van der Waals surface area contributed by atoms with Crippen molar-refractivity contribution in [2.45, 2.75) is 44.8 Å². The molecule has 1 aliphatic heterocycles. The molecule has 1 fully saturated rings. The number of para-hydroxylation sites is 1. The van der Waals surface area contributed by atoms with Crippen LogP contribution in [0.2, 0.25) is 5.02 Å². The largest absolute Gasteiger partial charge is 0.429 e. The van der Waals surface area contributed by atoms with E-state index < -0.39 is 18.3 Å².